The summed E-state index contributed by atoms with van der Waals surface area (Å²) >= 11 is 0. The van der Waals surface area contributed by atoms with Crippen molar-refractivity contribution in [3.8, 4) is 5.69 Å². The van der Waals surface area contributed by atoms with Crippen molar-refractivity contribution < 1.29 is 9.59 Å². The van der Waals surface area contributed by atoms with Crippen molar-refractivity contribution in [2.24, 2.45) is 0 Å². The summed E-state index contributed by atoms with van der Waals surface area (Å²) in [5.74, 6) is -0.159. The second-order valence-corrected chi connectivity index (χ2v) is 8.19. The second kappa shape index (κ2) is 10.3. The van der Waals surface area contributed by atoms with Gasteiger partial charge in [-0.05, 0) is 49.6 Å². The minimum atomic E-state index is -0.285. The van der Waals surface area contributed by atoms with Crippen molar-refractivity contribution in [1.29, 1.82) is 0 Å². The Morgan fingerprint density at radius 2 is 1.58 bits per heavy atom. The molecule has 2 aromatic carbocycles. The predicted molar refractivity (Wildman–Crippen MR) is 127 cm³/mol. The normalized spacial score (nSPS) is 14.2. The van der Waals surface area contributed by atoms with Crippen LogP contribution in [0, 0.1) is 0 Å². The van der Waals surface area contributed by atoms with Crippen molar-refractivity contribution >= 4 is 11.8 Å². The summed E-state index contributed by atoms with van der Waals surface area (Å²) in [6.45, 7) is 3.83. The summed E-state index contributed by atoms with van der Waals surface area (Å²) < 4.78 is 1.26. The first-order chi connectivity index (χ1) is 16.1. The molecule has 0 bridgehead atoms. The minimum absolute atomic E-state index is 0.0242. The van der Waals surface area contributed by atoms with Crippen molar-refractivity contribution in [1.82, 2.24) is 19.6 Å². The number of rotatable bonds is 6. The van der Waals surface area contributed by atoms with Gasteiger partial charge in [-0.3, -0.25) is 14.4 Å². The number of aromatic nitrogens is 2. The minimum Gasteiger partial charge on any atom is -0.338 e. The van der Waals surface area contributed by atoms with Crippen molar-refractivity contribution in [3.63, 3.8) is 0 Å². The molecule has 33 heavy (non-hydrogen) atoms. The van der Waals surface area contributed by atoms with E-state index in [1.807, 2.05) is 65.3 Å². The van der Waals surface area contributed by atoms with Crippen LogP contribution in [0.1, 0.15) is 47.0 Å². The Morgan fingerprint density at radius 3 is 2.21 bits per heavy atom. The summed E-state index contributed by atoms with van der Waals surface area (Å²) in [6, 6.07) is 21.3. The van der Waals surface area contributed by atoms with Gasteiger partial charge >= 0.3 is 0 Å². The SMILES string of the molecule is CCCN(C(=O)c1ccc(=O)n(-c2ccccc2)n1)C1CCN(C(=O)c2ccccc2)CC1. The lowest BCUT2D eigenvalue weighted by Crippen LogP contribution is -2.49. The number of hydrogen-bond donors (Lipinski definition) is 0. The molecule has 1 aliphatic heterocycles. The molecular formula is C26H28N4O3. The summed E-state index contributed by atoms with van der Waals surface area (Å²) in [6.07, 6.45) is 2.23. The monoisotopic (exact) mass is 444 g/mol. The predicted octanol–water partition coefficient (Wildman–Crippen LogP) is 3.39. The summed E-state index contributed by atoms with van der Waals surface area (Å²) in [5, 5.41) is 4.37. The van der Waals surface area contributed by atoms with Crippen LogP contribution in [0.15, 0.2) is 77.6 Å². The van der Waals surface area contributed by atoms with Crippen LogP contribution in [-0.2, 0) is 0 Å². The zero-order valence-corrected chi connectivity index (χ0v) is 18.8. The number of nitrogens with zero attached hydrogens (tertiary/aromatic N) is 4. The molecule has 0 atom stereocenters. The molecule has 1 aromatic heterocycles. The van der Waals surface area contributed by atoms with E-state index >= 15 is 0 Å². The van der Waals surface area contributed by atoms with E-state index in [4.69, 9.17) is 0 Å². The molecule has 0 radical (unpaired) electrons. The van der Waals surface area contributed by atoms with Gasteiger partial charge in [0, 0.05) is 37.3 Å². The molecule has 0 unspecified atom stereocenters. The van der Waals surface area contributed by atoms with E-state index < -0.39 is 0 Å². The number of benzene rings is 2. The van der Waals surface area contributed by atoms with Gasteiger partial charge in [-0.1, -0.05) is 43.3 Å². The van der Waals surface area contributed by atoms with Gasteiger partial charge < -0.3 is 9.80 Å². The van der Waals surface area contributed by atoms with Gasteiger partial charge in [-0.15, -0.1) is 0 Å². The molecule has 0 aliphatic carbocycles. The van der Waals surface area contributed by atoms with Crippen molar-refractivity contribution in [2.75, 3.05) is 19.6 Å². The lowest BCUT2D eigenvalue weighted by molar-refractivity contribution is 0.0514. The maximum absolute atomic E-state index is 13.4. The van der Waals surface area contributed by atoms with E-state index in [1.54, 1.807) is 12.1 Å². The number of carbonyl (C=O) groups excluding carboxylic acids is 2. The zero-order valence-electron chi connectivity index (χ0n) is 18.8. The summed E-state index contributed by atoms with van der Waals surface area (Å²) in [5.41, 5.74) is 1.26. The van der Waals surface area contributed by atoms with E-state index in [-0.39, 0.29) is 29.1 Å². The Kier molecular flexibility index (Phi) is 6.98. The fourth-order valence-corrected chi connectivity index (χ4v) is 4.26. The molecular weight excluding hydrogens is 416 g/mol. The van der Waals surface area contributed by atoms with Crippen LogP contribution < -0.4 is 5.56 Å². The van der Waals surface area contributed by atoms with Gasteiger partial charge in [0.15, 0.2) is 0 Å². The Labute approximate surface area is 193 Å². The van der Waals surface area contributed by atoms with Crippen LogP contribution in [0.25, 0.3) is 5.69 Å². The fraction of sp³-hybridized carbons (Fsp3) is 0.308. The molecule has 2 amide bonds. The third kappa shape index (κ3) is 5.03. The molecule has 4 rings (SSSR count). The topological polar surface area (TPSA) is 75.5 Å². The molecule has 7 heteroatoms. The highest BCUT2D eigenvalue weighted by Gasteiger charge is 2.30. The average Bonchev–Trinajstić information content (AvgIpc) is 2.88. The standard InChI is InChI=1S/C26H28N4O3/c1-2-17-29(21-15-18-28(19-16-21)25(32)20-9-5-3-6-10-20)26(33)23-13-14-24(31)30(27-23)22-11-7-4-8-12-22/h3-14,21H,2,15-19H2,1H3. The zero-order chi connectivity index (χ0) is 23.2. The molecule has 1 saturated heterocycles. The van der Waals surface area contributed by atoms with Crippen LogP contribution in [0.3, 0.4) is 0 Å². The van der Waals surface area contributed by atoms with E-state index in [0.29, 0.717) is 43.7 Å². The maximum atomic E-state index is 13.4. The van der Waals surface area contributed by atoms with Gasteiger partial charge in [0.05, 0.1) is 5.69 Å². The van der Waals surface area contributed by atoms with E-state index in [9.17, 15) is 14.4 Å². The van der Waals surface area contributed by atoms with Crippen LogP contribution in [-0.4, -0.2) is 57.1 Å². The Bertz CT molecular complexity index is 1150. The van der Waals surface area contributed by atoms with Gasteiger partial charge in [-0.25, -0.2) is 0 Å². The first-order valence-corrected chi connectivity index (χ1v) is 11.4. The molecule has 2 heterocycles. The average molecular weight is 445 g/mol. The van der Waals surface area contributed by atoms with Crippen molar-refractivity contribution in [2.45, 2.75) is 32.2 Å². The molecule has 0 saturated carbocycles. The lowest BCUT2D eigenvalue weighted by atomic mass is 10.0. The number of para-hydroxylation sites is 1. The lowest BCUT2D eigenvalue weighted by Gasteiger charge is -2.38. The molecule has 3 aromatic rings. The highest BCUT2D eigenvalue weighted by Crippen LogP contribution is 2.20. The van der Waals surface area contributed by atoms with E-state index in [2.05, 4.69) is 5.10 Å². The molecule has 1 aliphatic rings. The number of amides is 2. The van der Waals surface area contributed by atoms with E-state index in [1.165, 1.54) is 16.8 Å². The Hall–Kier alpha value is -3.74. The quantitative estimate of drug-likeness (QED) is 0.584. The first-order valence-electron chi connectivity index (χ1n) is 11.4. The number of carbonyl (C=O) groups is 2. The number of piperidine rings is 1. The molecule has 0 N–H and O–H groups in total. The van der Waals surface area contributed by atoms with Crippen LogP contribution in [0.4, 0.5) is 0 Å². The van der Waals surface area contributed by atoms with E-state index in [0.717, 1.165) is 6.42 Å². The second-order valence-electron chi connectivity index (χ2n) is 8.19. The molecule has 7 nitrogen and oxygen atoms in total. The van der Waals surface area contributed by atoms with Gasteiger partial charge in [0.2, 0.25) is 0 Å². The van der Waals surface area contributed by atoms with Crippen molar-refractivity contribution in [3.05, 3.63) is 94.4 Å². The number of likely N-dealkylation sites (tertiary alicyclic amines) is 1. The highest BCUT2D eigenvalue weighted by atomic mass is 16.2. The third-order valence-electron chi connectivity index (χ3n) is 5.96. The first kappa shape index (κ1) is 22.5. The van der Waals surface area contributed by atoms with Gasteiger partial charge in [-0.2, -0.15) is 9.78 Å². The highest BCUT2D eigenvalue weighted by molar-refractivity contribution is 5.94. The Morgan fingerprint density at radius 1 is 0.939 bits per heavy atom. The van der Waals surface area contributed by atoms with Gasteiger partial charge in [0.1, 0.15) is 5.69 Å². The fourth-order valence-electron chi connectivity index (χ4n) is 4.26. The third-order valence-corrected chi connectivity index (χ3v) is 5.96. The summed E-state index contributed by atoms with van der Waals surface area (Å²) in [4.78, 5) is 42.3. The number of hydrogen-bond acceptors (Lipinski definition) is 4. The van der Waals surface area contributed by atoms with Crippen LogP contribution >= 0.6 is 0 Å². The largest absolute Gasteiger partial charge is 0.338 e. The molecule has 1 fully saturated rings. The maximum Gasteiger partial charge on any atom is 0.274 e. The van der Waals surface area contributed by atoms with Crippen LogP contribution in [0.2, 0.25) is 0 Å². The molecule has 170 valence electrons. The smallest absolute Gasteiger partial charge is 0.274 e. The Balaban J connectivity index is 1.50. The van der Waals surface area contributed by atoms with Gasteiger partial charge in [0.25, 0.3) is 17.4 Å². The van der Waals surface area contributed by atoms with Crippen LogP contribution in [0.5, 0.6) is 0 Å². The molecule has 0 spiro atoms. The summed E-state index contributed by atoms with van der Waals surface area (Å²) in [7, 11) is 0.